The van der Waals surface area contributed by atoms with Crippen LogP contribution in [0.15, 0.2) is 10.8 Å². The Morgan fingerprint density at radius 3 is 2.42 bits per heavy atom. The van der Waals surface area contributed by atoms with Gasteiger partial charge >= 0.3 is 6.18 Å². The van der Waals surface area contributed by atoms with Crippen molar-refractivity contribution >= 4 is 0 Å². The third kappa shape index (κ3) is 1.27. The Kier molecular flexibility index (Phi) is 1.83. The van der Waals surface area contributed by atoms with Crippen molar-refractivity contribution in [3.05, 3.63) is 12.3 Å². The molecule has 0 saturated heterocycles. The van der Waals surface area contributed by atoms with Gasteiger partial charge in [0.1, 0.15) is 0 Å². The minimum atomic E-state index is -4.82. The highest BCUT2D eigenvalue weighted by molar-refractivity contribution is 4.96. The summed E-state index contributed by atoms with van der Waals surface area (Å²) in [5.74, 6) is -0.866. The lowest BCUT2D eigenvalue weighted by Gasteiger charge is -2.21. The Morgan fingerprint density at radius 1 is 1.50 bits per heavy atom. The molecule has 0 fully saturated rings. The van der Waals surface area contributed by atoms with Gasteiger partial charge in [-0.1, -0.05) is 0 Å². The fourth-order valence-electron chi connectivity index (χ4n) is 0.506. The van der Waals surface area contributed by atoms with E-state index in [1.54, 1.807) is 0 Å². The molecule has 0 bridgehead atoms. The molecule has 1 N–H and O–H groups in total. The Labute approximate surface area is 65.0 Å². The minimum Gasteiger partial charge on any atom is -0.424 e. The first kappa shape index (κ1) is 8.98. The van der Waals surface area contributed by atoms with E-state index in [1.807, 2.05) is 0 Å². The molecule has 0 amide bonds. The number of nitrogens with zero attached hydrogens (tertiary/aromatic N) is 2. The number of alkyl halides is 3. The molecule has 4 nitrogen and oxygen atoms in total. The maximum Gasteiger partial charge on any atom is 0.426 e. The van der Waals surface area contributed by atoms with E-state index in [-0.39, 0.29) is 0 Å². The normalized spacial score (nSPS) is 17.4. The standard InChI is InChI=1S/C5H5F3N2O2/c1-4(11,5(6,7)8)3-10-9-2-12-3/h2,11H,1H3/t4-/m0/s1. The van der Waals surface area contributed by atoms with Crippen molar-refractivity contribution in [2.45, 2.75) is 18.7 Å². The van der Waals surface area contributed by atoms with Crippen LogP contribution < -0.4 is 0 Å². The Balaban J connectivity index is 3.02. The number of halogens is 3. The first-order valence-electron chi connectivity index (χ1n) is 2.91. The lowest BCUT2D eigenvalue weighted by Crippen LogP contribution is -2.39. The van der Waals surface area contributed by atoms with Crippen LogP contribution in [0.2, 0.25) is 0 Å². The zero-order chi connectivity index (χ0) is 9.41. The Hall–Kier alpha value is -1.11. The van der Waals surface area contributed by atoms with Crippen LogP contribution in [0.4, 0.5) is 13.2 Å². The summed E-state index contributed by atoms with van der Waals surface area (Å²) in [4.78, 5) is 0. The predicted molar refractivity (Wildman–Crippen MR) is 29.9 cm³/mol. The molecule has 1 atom stereocenters. The van der Waals surface area contributed by atoms with Crippen molar-refractivity contribution in [3.63, 3.8) is 0 Å². The summed E-state index contributed by atoms with van der Waals surface area (Å²) >= 11 is 0. The van der Waals surface area contributed by atoms with Crippen LogP contribution in [0.5, 0.6) is 0 Å². The Bertz CT molecular complexity index is 254. The van der Waals surface area contributed by atoms with Crippen molar-refractivity contribution in [2.75, 3.05) is 0 Å². The van der Waals surface area contributed by atoms with Gasteiger partial charge in [-0.25, -0.2) is 0 Å². The second-order valence-corrected chi connectivity index (χ2v) is 2.31. The van der Waals surface area contributed by atoms with Gasteiger partial charge < -0.3 is 9.52 Å². The molecule has 0 aromatic carbocycles. The molecular weight excluding hydrogens is 177 g/mol. The van der Waals surface area contributed by atoms with Crippen LogP contribution in [0, 0.1) is 0 Å². The maximum atomic E-state index is 12.0. The van der Waals surface area contributed by atoms with Gasteiger partial charge in [0.2, 0.25) is 12.0 Å². The van der Waals surface area contributed by atoms with E-state index >= 15 is 0 Å². The van der Waals surface area contributed by atoms with Crippen LogP contribution >= 0.6 is 0 Å². The second kappa shape index (κ2) is 2.44. The molecule has 1 aromatic heterocycles. The summed E-state index contributed by atoms with van der Waals surface area (Å²) in [6, 6.07) is 0. The van der Waals surface area contributed by atoms with Crippen molar-refractivity contribution in [3.8, 4) is 0 Å². The van der Waals surface area contributed by atoms with Gasteiger partial charge in [-0.3, -0.25) is 0 Å². The molecule has 7 heteroatoms. The molecule has 0 aliphatic carbocycles. The number of rotatable bonds is 1. The first-order valence-corrected chi connectivity index (χ1v) is 2.91. The topological polar surface area (TPSA) is 59.2 Å². The second-order valence-electron chi connectivity index (χ2n) is 2.31. The molecule has 0 unspecified atom stereocenters. The quantitative estimate of drug-likeness (QED) is 0.699. The van der Waals surface area contributed by atoms with E-state index in [0.717, 1.165) is 6.39 Å². The number of aliphatic hydroxyl groups is 1. The van der Waals surface area contributed by atoms with Gasteiger partial charge in [-0.15, -0.1) is 10.2 Å². The molecule has 12 heavy (non-hydrogen) atoms. The molecular formula is C5H5F3N2O2. The van der Waals surface area contributed by atoms with E-state index in [4.69, 9.17) is 5.11 Å². The lowest BCUT2D eigenvalue weighted by molar-refractivity contribution is -0.266. The molecule has 0 spiro atoms. The van der Waals surface area contributed by atoms with Gasteiger partial charge in [0.05, 0.1) is 0 Å². The lowest BCUT2D eigenvalue weighted by atomic mass is 10.1. The van der Waals surface area contributed by atoms with Gasteiger partial charge in [-0.05, 0) is 6.92 Å². The fourth-order valence-corrected chi connectivity index (χ4v) is 0.506. The molecule has 0 radical (unpaired) electrons. The average Bonchev–Trinajstić information content (AvgIpc) is 2.34. The average molecular weight is 182 g/mol. The molecule has 1 rings (SSSR count). The van der Waals surface area contributed by atoms with Gasteiger partial charge in [0.15, 0.2) is 0 Å². The SMILES string of the molecule is C[C@](O)(c1nnco1)C(F)(F)F. The summed E-state index contributed by atoms with van der Waals surface area (Å²) in [6.07, 6.45) is -4.10. The highest BCUT2D eigenvalue weighted by Gasteiger charge is 2.55. The van der Waals surface area contributed by atoms with Gasteiger partial charge in [-0.2, -0.15) is 13.2 Å². The predicted octanol–water partition coefficient (Wildman–Crippen LogP) is 0.839. The van der Waals surface area contributed by atoms with E-state index in [2.05, 4.69) is 14.6 Å². The van der Waals surface area contributed by atoms with Crippen LogP contribution in [0.3, 0.4) is 0 Å². The third-order valence-electron chi connectivity index (χ3n) is 1.33. The van der Waals surface area contributed by atoms with E-state index in [0.29, 0.717) is 6.92 Å². The van der Waals surface area contributed by atoms with E-state index < -0.39 is 17.7 Å². The molecule has 0 aliphatic heterocycles. The van der Waals surface area contributed by atoms with Gasteiger partial charge in [0, 0.05) is 0 Å². The highest BCUT2D eigenvalue weighted by Crippen LogP contribution is 2.36. The Morgan fingerprint density at radius 2 is 2.08 bits per heavy atom. The maximum absolute atomic E-state index is 12.0. The number of hydrogen-bond donors (Lipinski definition) is 1. The highest BCUT2D eigenvalue weighted by atomic mass is 19.4. The zero-order valence-electron chi connectivity index (χ0n) is 5.96. The van der Waals surface area contributed by atoms with Crippen LogP contribution in [-0.4, -0.2) is 21.5 Å². The summed E-state index contributed by atoms with van der Waals surface area (Å²) in [6.45, 7) is 0.542. The van der Waals surface area contributed by atoms with Crippen molar-refractivity contribution < 1.29 is 22.7 Å². The smallest absolute Gasteiger partial charge is 0.424 e. The summed E-state index contributed by atoms with van der Waals surface area (Å²) < 4.78 is 40.3. The molecule has 1 aromatic rings. The molecule has 1 heterocycles. The molecule has 68 valence electrons. The molecule has 0 saturated carbocycles. The van der Waals surface area contributed by atoms with Crippen LogP contribution in [-0.2, 0) is 5.60 Å². The van der Waals surface area contributed by atoms with Gasteiger partial charge in [0.25, 0.3) is 5.89 Å². The third-order valence-corrected chi connectivity index (χ3v) is 1.33. The number of aromatic nitrogens is 2. The van der Waals surface area contributed by atoms with E-state index in [1.165, 1.54) is 0 Å². The summed E-state index contributed by atoms with van der Waals surface area (Å²) in [7, 11) is 0. The van der Waals surface area contributed by atoms with Crippen molar-refractivity contribution in [2.24, 2.45) is 0 Å². The zero-order valence-corrected chi connectivity index (χ0v) is 5.96. The largest absolute Gasteiger partial charge is 0.426 e. The van der Waals surface area contributed by atoms with Crippen molar-refractivity contribution in [1.82, 2.24) is 10.2 Å². The summed E-state index contributed by atoms with van der Waals surface area (Å²) in [5, 5.41) is 14.9. The fraction of sp³-hybridized carbons (Fsp3) is 0.600. The minimum absolute atomic E-state index is 0.542. The monoisotopic (exact) mass is 182 g/mol. The first-order chi connectivity index (χ1) is 5.36. The van der Waals surface area contributed by atoms with Crippen LogP contribution in [0.1, 0.15) is 12.8 Å². The van der Waals surface area contributed by atoms with Crippen LogP contribution in [0.25, 0.3) is 0 Å². The number of hydrogen-bond acceptors (Lipinski definition) is 4. The molecule has 0 aliphatic rings. The van der Waals surface area contributed by atoms with E-state index in [9.17, 15) is 13.2 Å². The van der Waals surface area contributed by atoms with Crippen molar-refractivity contribution in [1.29, 1.82) is 0 Å². The summed E-state index contributed by atoms with van der Waals surface area (Å²) in [5.41, 5.74) is -3.08.